The fraction of sp³-hybridized carbons (Fsp3) is 0. The number of carbonyl (C=O) groups excluding carboxylic acids is 1. The molecule has 0 fully saturated rings. The Bertz CT molecular complexity index is 1130. The monoisotopic (exact) mass is 308 g/mol. The van der Waals surface area contributed by atoms with E-state index in [0.717, 1.165) is 44.3 Å². The fourth-order valence-electron chi connectivity index (χ4n) is 3.52. The van der Waals surface area contributed by atoms with Gasteiger partial charge in [0.15, 0.2) is 5.78 Å². The minimum absolute atomic E-state index is 0.0806. The van der Waals surface area contributed by atoms with E-state index in [0.29, 0.717) is 0 Å². The molecular formula is C21H12N2O. The highest BCUT2D eigenvalue weighted by atomic mass is 16.1. The molecule has 3 nitrogen and oxygen atoms in total. The van der Waals surface area contributed by atoms with Crippen molar-refractivity contribution in [3.05, 3.63) is 84.1 Å². The van der Waals surface area contributed by atoms with Crippen LogP contribution in [0.15, 0.2) is 72.9 Å². The first-order valence-electron chi connectivity index (χ1n) is 7.82. The molecule has 1 aromatic heterocycles. The Hall–Kier alpha value is -3.33. The van der Waals surface area contributed by atoms with Crippen molar-refractivity contribution in [2.24, 2.45) is 0 Å². The number of carbonyl (C=O) groups is 1. The molecule has 0 saturated carbocycles. The van der Waals surface area contributed by atoms with Gasteiger partial charge in [0.1, 0.15) is 0 Å². The van der Waals surface area contributed by atoms with Crippen molar-refractivity contribution < 1.29 is 4.79 Å². The van der Waals surface area contributed by atoms with E-state index in [1.165, 1.54) is 0 Å². The third-order valence-corrected chi connectivity index (χ3v) is 4.59. The largest absolute Gasteiger partial charge is 0.289 e. The lowest BCUT2D eigenvalue weighted by molar-refractivity contribution is 0.104. The standard InChI is InChI=1S/C21H12N2O/c24-21-17-8-2-1-6-13(17)15-9-5-10-16(20(15)21)18-12-22-23-19-11-4-3-7-14(18)19/h1-12H. The molecule has 1 aliphatic rings. The summed E-state index contributed by atoms with van der Waals surface area (Å²) in [5.74, 6) is 0.0806. The van der Waals surface area contributed by atoms with Crippen molar-refractivity contribution in [2.75, 3.05) is 0 Å². The third kappa shape index (κ3) is 1.69. The summed E-state index contributed by atoms with van der Waals surface area (Å²) in [5.41, 5.74) is 6.22. The molecule has 0 aliphatic heterocycles. The highest BCUT2D eigenvalue weighted by molar-refractivity contribution is 6.25. The topological polar surface area (TPSA) is 42.9 Å². The van der Waals surface area contributed by atoms with E-state index >= 15 is 0 Å². The highest BCUT2D eigenvalue weighted by Gasteiger charge is 2.29. The molecule has 0 spiro atoms. The molecule has 0 radical (unpaired) electrons. The van der Waals surface area contributed by atoms with Crippen LogP contribution in [0.2, 0.25) is 0 Å². The molecular weight excluding hydrogens is 296 g/mol. The predicted molar refractivity (Wildman–Crippen MR) is 93.8 cm³/mol. The molecule has 5 rings (SSSR count). The average Bonchev–Trinajstić information content (AvgIpc) is 2.95. The Morgan fingerprint density at radius 2 is 1.29 bits per heavy atom. The molecule has 0 unspecified atom stereocenters. The Labute approximate surface area is 138 Å². The molecule has 0 N–H and O–H groups in total. The molecule has 0 bridgehead atoms. The second-order valence-corrected chi connectivity index (χ2v) is 5.88. The van der Waals surface area contributed by atoms with E-state index in [1.807, 2.05) is 66.7 Å². The summed E-state index contributed by atoms with van der Waals surface area (Å²) in [7, 11) is 0. The van der Waals surface area contributed by atoms with Gasteiger partial charge in [-0.3, -0.25) is 4.79 Å². The summed E-state index contributed by atoms with van der Waals surface area (Å²) >= 11 is 0. The molecule has 0 saturated heterocycles. The van der Waals surface area contributed by atoms with Gasteiger partial charge in [0.2, 0.25) is 0 Å². The number of ketones is 1. The van der Waals surface area contributed by atoms with Gasteiger partial charge in [-0.15, -0.1) is 0 Å². The maximum Gasteiger partial charge on any atom is 0.194 e. The lowest BCUT2D eigenvalue weighted by Gasteiger charge is -2.10. The lowest BCUT2D eigenvalue weighted by atomic mass is 9.94. The minimum atomic E-state index is 0.0806. The van der Waals surface area contributed by atoms with Crippen LogP contribution >= 0.6 is 0 Å². The first kappa shape index (κ1) is 13.1. The average molecular weight is 308 g/mol. The molecule has 1 aliphatic carbocycles. The zero-order valence-electron chi connectivity index (χ0n) is 12.7. The highest BCUT2D eigenvalue weighted by Crippen LogP contribution is 2.42. The molecule has 4 aromatic rings. The number of nitrogens with zero attached hydrogens (tertiary/aromatic N) is 2. The molecule has 3 aromatic carbocycles. The van der Waals surface area contributed by atoms with Crippen LogP contribution in [0.4, 0.5) is 0 Å². The summed E-state index contributed by atoms with van der Waals surface area (Å²) in [5, 5.41) is 9.32. The zero-order valence-corrected chi connectivity index (χ0v) is 12.7. The van der Waals surface area contributed by atoms with E-state index in [4.69, 9.17) is 0 Å². The van der Waals surface area contributed by atoms with Crippen molar-refractivity contribution in [2.45, 2.75) is 0 Å². The number of fused-ring (bicyclic) bond motifs is 4. The summed E-state index contributed by atoms with van der Waals surface area (Å²) in [4.78, 5) is 13.0. The van der Waals surface area contributed by atoms with Crippen LogP contribution in [-0.2, 0) is 0 Å². The van der Waals surface area contributed by atoms with Crippen LogP contribution in [0.5, 0.6) is 0 Å². The van der Waals surface area contributed by atoms with Gasteiger partial charge < -0.3 is 0 Å². The van der Waals surface area contributed by atoms with Crippen LogP contribution in [0.1, 0.15) is 15.9 Å². The van der Waals surface area contributed by atoms with Crippen molar-refractivity contribution in [3.8, 4) is 22.3 Å². The van der Waals surface area contributed by atoms with Gasteiger partial charge in [-0.25, -0.2) is 0 Å². The van der Waals surface area contributed by atoms with E-state index in [9.17, 15) is 4.79 Å². The van der Waals surface area contributed by atoms with Crippen molar-refractivity contribution in [1.82, 2.24) is 10.2 Å². The summed E-state index contributed by atoms with van der Waals surface area (Å²) in [6, 6.07) is 21.7. The molecule has 0 amide bonds. The van der Waals surface area contributed by atoms with E-state index < -0.39 is 0 Å². The smallest absolute Gasteiger partial charge is 0.194 e. The van der Waals surface area contributed by atoms with Crippen LogP contribution < -0.4 is 0 Å². The van der Waals surface area contributed by atoms with Crippen molar-refractivity contribution in [1.29, 1.82) is 0 Å². The maximum atomic E-state index is 13.0. The van der Waals surface area contributed by atoms with Crippen LogP contribution in [-0.4, -0.2) is 16.0 Å². The van der Waals surface area contributed by atoms with Gasteiger partial charge in [-0.2, -0.15) is 10.2 Å². The van der Waals surface area contributed by atoms with E-state index in [-0.39, 0.29) is 5.78 Å². The van der Waals surface area contributed by atoms with Gasteiger partial charge >= 0.3 is 0 Å². The van der Waals surface area contributed by atoms with Crippen molar-refractivity contribution in [3.63, 3.8) is 0 Å². The third-order valence-electron chi connectivity index (χ3n) is 4.59. The van der Waals surface area contributed by atoms with E-state index in [1.54, 1.807) is 6.20 Å². The molecule has 0 atom stereocenters. The second-order valence-electron chi connectivity index (χ2n) is 5.88. The van der Waals surface area contributed by atoms with Crippen LogP contribution in [0.3, 0.4) is 0 Å². The Balaban J connectivity index is 1.85. The predicted octanol–water partition coefficient (Wildman–Crippen LogP) is 4.51. The Morgan fingerprint density at radius 3 is 2.17 bits per heavy atom. The van der Waals surface area contributed by atoms with Crippen LogP contribution in [0, 0.1) is 0 Å². The molecule has 24 heavy (non-hydrogen) atoms. The van der Waals surface area contributed by atoms with Crippen LogP contribution in [0.25, 0.3) is 33.2 Å². The number of hydrogen-bond donors (Lipinski definition) is 0. The summed E-state index contributed by atoms with van der Waals surface area (Å²) in [6.45, 7) is 0. The first-order valence-corrected chi connectivity index (χ1v) is 7.82. The maximum absolute atomic E-state index is 13.0. The fourth-order valence-corrected chi connectivity index (χ4v) is 3.52. The van der Waals surface area contributed by atoms with Gasteiger partial charge in [-0.1, -0.05) is 60.7 Å². The van der Waals surface area contributed by atoms with E-state index in [2.05, 4.69) is 10.2 Å². The summed E-state index contributed by atoms with van der Waals surface area (Å²) in [6.07, 6.45) is 1.74. The number of rotatable bonds is 1. The minimum Gasteiger partial charge on any atom is -0.289 e. The lowest BCUT2D eigenvalue weighted by Crippen LogP contribution is -1.99. The normalized spacial score (nSPS) is 12.2. The molecule has 3 heteroatoms. The number of benzene rings is 3. The number of aromatic nitrogens is 2. The zero-order chi connectivity index (χ0) is 16.1. The molecule has 1 heterocycles. The Morgan fingerprint density at radius 1 is 0.625 bits per heavy atom. The summed E-state index contributed by atoms with van der Waals surface area (Å²) < 4.78 is 0. The second kappa shape index (κ2) is 4.83. The number of hydrogen-bond acceptors (Lipinski definition) is 3. The molecule has 112 valence electrons. The quantitative estimate of drug-likeness (QED) is 0.457. The van der Waals surface area contributed by atoms with Gasteiger partial charge in [0.25, 0.3) is 0 Å². The SMILES string of the molecule is O=C1c2ccccc2-c2cccc(-c3cnnc4ccccc34)c21. The first-order chi connectivity index (χ1) is 11.8. The van der Waals surface area contributed by atoms with Gasteiger partial charge in [-0.05, 0) is 22.8 Å². The van der Waals surface area contributed by atoms with Gasteiger partial charge in [0.05, 0.1) is 11.7 Å². The Kier molecular flexibility index (Phi) is 2.65. The van der Waals surface area contributed by atoms with Gasteiger partial charge in [0, 0.05) is 22.1 Å². The van der Waals surface area contributed by atoms with Crippen molar-refractivity contribution >= 4 is 16.7 Å².